The zero-order valence-corrected chi connectivity index (χ0v) is 11.4. The van der Waals surface area contributed by atoms with E-state index in [0.717, 1.165) is 0 Å². The van der Waals surface area contributed by atoms with E-state index in [4.69, 9.17) is 14.3 Å². The Balaban J connectivity index is 1.97. The average Bonchev–Trinajstić information content (AvgIpc) is 2.77. The highest BCUT2D eigenvalue weighted by atomic mass is 16.5. The van der Waals surface area contributed by atoms with Gasteiger partial charge in [-0.1, -0.05) is 20.8 Å². The molecule has 7 heteroatoms. The van der Waals surface area contributed by atoms with Crippen LogP contribution in [0.1, 0.15) is 32.6 Å². The van der Waals surface area contributed by atoms with Crippen LogP contribution in [0, 0.1) is 0 Å². The van der Waals surface area contributed by atoms with E-state index in [0.29, 0.717) is 38.0 Å². The van der Waals surface area contributed by atoms with Gasteiger partial charge >= 0.3 is 5.97 Å². The lowest BCUT2D eigenvalue weighted by molar-refractivity contribution is -0.156. The van der Waals surface area contributed by atoms with Crippen LogP contribution in [0.3, 0.4) is 0 Å². The largest absolute Gasteiger partial charge is 0.479 e. The van der Waals surface area contributed by atoms with Crippen LogP contribution in [0.4, 0.5) is 0 Å². The van der Waals surface area contributed by atoms with Gasteiger partial charge in [-0.15, -0.1) is 10.2 Å². The van der Waals surface area contributed by atoms with Crippen LogP contribution in [0.15, 0.2) is 4.42 Å². The monoisotopic (exact) mass is 269 g/mol. The van der Waals surface area contributed by atoms with Crippen molar-refractivity contribution in [3.05, 3.63) is 11.8 Å². The van der Waals surface area contributed by atoms with Crippen LogP contribution in [-0.2, 0) is 21.5 Å². The number of hydrogen-bond donors (Lipinski definition) is 1. The Kier molecular flexibility index (Phi) is 3.86. The van der Waals surface area contributed by atoms with Crippen LogP contribution < -0.4 is 0 Å². The summed E-state index contributed by atoms with van der Waals surface area (Å²) in [5.74, 6) is 0.159. The van der Waals surface area contributed by atoms with Crippen LogP contribution in [0.25, 0.3) is 0 Å². The third-order valence-corrected chi connectivity index (χ3v) is 2.89. The molecule has 0 aliphatic carbocycles. The van der Waals surface area contributed by atoms with E-state index in [9.17, 15) is 4.79 Å². The van der Waals surface area contributed by atoms with Crippen molar-refractivity contribution in [1.29, 1.82) is 0 Å². The van der Waals surface area contributed by atoms with Crippen LogP contribution in [-0.4, -0.2) is 52.0 Å². The first-order valence-electron chi connectivity index (χ1n) is 6.26. The van der Waals surface area contributed by atoms with Crippen LogP contribution in [0.2, 0.25) is 0 Å². The Morgan fingerprint density at radius 2 is 2.21 bits per heavy atom. The number of ether oxygens (including phenoxy) is 1. The third kappa shape index (κ3) is 3.51. The van der Waals surface area contributed by atoms with Crippen LogP contribution >= 0.6 is 0 Å². The maximum Gasteiger partial charge on any atom is 0.334 e. The van der Waals surface area contributed by atoms with Crippen molar-refractivity contribution in [2.75, 3.05) is 19.7 Å². The predicted octanol–water partition coefficient (Wildman–Crippen LogP) is 0.653. The van der Waals surface area contributed by atoms with Gasteiger partial charge < -0.3 is 14.3 Å². The maximum absolute atomic E-state index is 10.9. The number of aromatic nitrogens is 2. The van der Waals surface area contributed by atoms with Gasteiger partial charge in [-0.05, 0) is 0 Å². The molecule has 1 aliphatic rings. The molecule has 1 saturated heterocycles. The topological polar surface area (TPSA) is 88.7 Å². The molecule has 19 heavy (non-hydrogen) atoms. The Morgan fingerprint density at radius 3 is 2.79 bits per heavy atom. The Bertz CT molecular complexity index is 452. The van der Waals surface area contributed by atoms with Crippen molar-refractivity contribution in [3.63, 3.8) is 0 Å². The molecule has 1 aliphatic heterocycles. The van der Waals surface area contributed by atoms with Crippen molar-refractivity contribution < 1.29 is 19.1 Å². The fourth-order valence-corrected chi connectivity index (χ4v) is 1.81. The summed E-state index contributed by atoms with van der Waals surface area (Å²) in [7, 11) is 0. The minimum Gasteiger partial charge on any atom is -0.479 e. The van der Waals surface area contributed by atoms with Gasteiger partial charge in [-0.2, -0.15) is 0 Å². The SMILES string of the molecule is CC(C)(C)c1nnc(CN2CCOC(C(=O)O)C2)o1. The van der Waals surface area contributed by atoms with E-state index in [1.54, 1.807) is 0 Å². The summed E-state index contributed by atoms with van der Waals surface area (Å²) in [5, 5.41) is 16.9. The number of nitrogens with zero attached hydrogens (tertiary/aromatic N) is 3. The second-order valence-corrected chi connectivity index (χ2v) is 5.68. The summed E-state index contributed by atoms with van der Waals surface area (Å²) in [5.41, 5.74) is -0.181. The molecule has 1 N–H and O–H groups in total. The number of rotatable bonds is 3. The molecule has 0 saturated carbocycles. The van der Waals surface area contributed by atoms with Gasteiger partial charge in [0.1, 0.15) is 0 Å². The van der Waals surface area contributed by atoms with Gasteiger partial charge in [0.2, 0.25) is 11.8 Å². The molecule has 1 aromatic heterocycles. The molecule has 0 spiro atoms. The van der Waals surface area contributed by atoms with Crippen LogP contribution in [0.5, 0.6) is 0 Å². The Morgan fingerprint density at radius 1 is 1.47 bits per heavy atom. The quantitative estimate of drug-likeness (QED) is 0.861. The van der Waals surface area contributed by atoms with E-state index in [1.807, 2.05) is 25.7 Å². The zero-order chi connectivity index (χ0) is 14.0. The molecule has 1 aromatic rings. The molecule has 106 valence electrons. The molecular weight excluding hydrogens is 250 g/mol. The van der Waals surface area contributed by atoms with Crippen molar-refractivity contribution >= 4 is 5.97 Å². The molecular formula is C12H19N3O4. The minimum atomic E-state index is -0.939. The van der Waals surface area contributed by atoms with Crippen molar-refractivity contribution in [2.24, 2.45) is 0 Å². The fourth-order valence-electron chi connectivity index (χ4n) is 1.81. The number of carboxylic acid groups (broad SMARTS) is 1. The van der Waals surface area contributed by atoms with Gasteiger partial charge in [0.15, 0.2) is 6.10 Å². The minimum absolute atomic E-state index is 0.181. The van der Waals surface area contributed by atoms with Crippen molar-refractivity contribution in [3.8, 4) is 0 Å². The standard InChI is InChI=1S/C12H19N3O4/c1-12(2,3)11-14-13-9(19-11)7-15-4-5-18-8(6-15)10(16)17/h8H,4-7H2,1-3H3,(H,16,17). The average molecular weight is 269 g/mol. The highest BCUT2D eigenvalue weighted by molar-refractivity contribution is 5.72. The Hall–Kier alpha value is -1.47. The lowest BCUT2D eigenvalue weighted by Crippen LogP contribution is -2.45. The normalized spacial score (nSPS) is 21.5. The summed E-state index contributed by atoms with van der Waals surface area (Å²) in [6.45, 7) is 7.85. The molecule has 0 aromatic carbocycles. The number of morpholine rings is 1. The van der Waals surface area contributed by atoms with E-state index in [-0.39, 0.29) is 5.41 Å². The second-order valence-electron chi connectivity index (χ2n) is 5.68. The zero-order valence-electron chi connectivity index (χ0n) is 11.4. The molecule has 1 atom stereocenters. The summed E-state index contributed by atoms with van der Waals surface area (Å²) >= 11 is 0. The van der Waals surface area contributed by atoms with Gasteiger partial charge in [0.05, 0.1) is 13.2 Å². The fraction of sp³-hybridized carbons (Fsp3) is 0.750. The molecule has 0 radical (unpaired) electrons. The van der Waals surface area contributed by atoms with E-state index < -0.39 is 12.1 Å². The molecule has 2 heterocycles. The summed E-state index contributed by atoms with van der Waals surface area (Å²) in [4.78, 5) is 12.8. The summed E-state index contributed by atoms with van der Waals surface area (Å²) in [6, 6.07) is 0. The first kappa shape index (κ1) is 14.0. The smallest absolute Gasteiger partial charge is 0.334 e. The Labute approximate surface area is 111 Å². The highest BCUT2D eigenvalue weighted by Gasteiger charge is 2.28. The summed E-state index contributed by atoms with van der Waals surface area (Å²) < 4.78 is 10.8. The number of hydrogen-bond acceptors (Lipinski definition) is 6. The van der Waals surface area contributed by atoms with Gasteiger partial charge in [0, 0.05) is 18.5 Å². The lowest BCUT2D eigenvalue weighted by atomic mass is 9.97. The molecule has 0 amide bonds. The predicted molar refractivity (Wildman–Crippen MR) is 65.7 cm³/mol. The number of carbonyl (C=O) groups is 1. The first-order valence-corrected chi connectivity index (χ1v) is 6.26. The van der Waals surface area contributed by atoms with E-state index in [1.165, 1.54) is 0 Å². The molecule has 7 nitrogen and oxygen atoms in total. The van der Waals surface area contributed by atoms with E-state index >= 15 is 0 Å². The van der Waals surface area contributed by atoms with E-state index in [2.05, 4.69) is 10.2 Å². The maximum atomic E-state index is 10.9. The molecule has 2 rings (SSSR count). The number of aliphatic carboxylic acids is 1. The lowest BCUT2D eigenvalue weighted by Gasteiger charge is -2.29. The molecule has 1 unspecified atom stereocenters. The molecule has 1 fully saturated rings. The second kappa shape index (κ2) is 5.26. The highest BCUT2D eigenvalue weighted by Crippen LogP contribution is 2.21. The van der Waals surface area contributed by atoms with Gasteiger partial charge in [-0.3, -0.25) is 4.90 Å². The van der Waals surface area contributed by atoms with Gasteiger partial charge in [0.25, 0.3) is 0 Å². The van der Waals surface area contributed by atoms with Gasteiger partial charge in [-0.25, -0.2) is 4.79 Å². The first-order chi connectivity index (χ1) is 8.86. The third-order valence-electron chi connectivity index (χ3n) is 2.89. The number of carboxylic acids is 1. The molecule has 0 bridgehead atoms. The van der Waals surface area contributed by atoms with Crippen molar-refractivity contribution in [2.45, 2.75) is 38.8 Å². The summed E-state index contributed by atoms with van der Waals surface area (Å²) in [6.07, 6.45) is -0.779. The van der Waals surface area contributed by atoms with Crippen molar-refractivity contribution in [1.82, 2.24) is 15.1 Å².